The quantitative estimate of drug-likeness (QED) is 0.519. The lowest BCUT2D eigenvalue weighted by atomic mass is 10.2. The number of amides is 1. The van der Waals surface area contributed by atoms with E-state index in [0.29, 0.717) is 22.6 Å². The monoisotopic (exact) mass is 431 g/mol. The number of para-hydroxylation sites is 1. The summed E-state index contributed by atoms with van der Waals surface area (Å²) >= 11 is 0. The van der Waals surface area contributed by atoms with Crippen molar-refractivity contribution in [3.05, 3.63) is 71.4 Å². The number of hydrogen-bond donors (Lipinski definition) is 3. The number of halogens is 3. The molecule has 1 amide bonds. The number of methoxy groups -OCH3 is 1. The van der Waals surface area contributed by atoms with Crippen molar-refractivity contribution in [1.82, 2.24) is 15.3 Å². The second-order valence-electron chi connectivity index (χ2n) is 6.40. The van der Waals surface area contributed by atoms with Crippen LogP contribution in [0.5, 0.6) is 5.75 Å². The molecule has 1 heterocycles. The first kappa shape index (κ1) is 21.9. The summed E-state index contributed by atoms with van der Waals surface area (Å²) in [5.41, 5.74) is 0.655. The normalized spacial score (nSPS) is 11.0. The van der Waals surface area contributed by atoms with E-state index in [9.17, 15) is 18.0 Å². The van der Waals surface area contributed by atoms with Gasteiger partial charge in [-0.3, -0.25) is 4.79 Å². The van der Waals surface area contributed by atoms with E-state index in [0.717, 1.165) is 6.20 Å². The Bertz CT molecular complexity index is 1060. The molecule has 0 aliphatic carbocycles. The summed E-state index contributed by atoms with van der Waals surface area (Å²) in [6, 6.07) is 13.4. The third kappa shape index (κ3) is 5.41. The molecule has 3 N–H and O–H groups in total. The number of nitrogens with one attached hydrogen (secondary N) is 3. The zero-order chi connectivity index (χ0) is 22.4. The van der Waals surface area contributed by atoms with E-state index in [1.807, 2.05) is 0 Å². The minimum atomic E-state index is -4.63. The summed E-state index contributed by atoms with van der Waals surface area (Å²) in [5.74, 6) is -0.0894. The largest absolute Gasteiger partial charge is 0.496 e. The molecule has 162 valence electrons. The molecular formula is C21H20F3N5O2. The van der Waals surface area contributed by atoms with Gasteiger partial charge in [-0.1, -0.05) is 18.2 Å². The molecule has 0 aliphatic heterocycles. The van der Waals surface area contributed by atoms with Crippen molar-refractivity contribution in [1.29, 1.82) is 0 Å². The number of carbonyl (C=O) groups is 1. The van der Waals surface area contributed by atoms with Crippen LogP contribution in [-0.2, 0) is 12.7 Å². The molecule has 0 fully saturated rings. The average Bonchev–Trinajstić information content (AvgIpc) is 2.77. The zero-order valence-electron chi connectivity index (χ0n) is 16.7. The molecule has 10 heteroatoms. The topological polar surface area (TPSA) is 88.2 Å². The van der Waals surface area contributed by atoms with Gasteiger partial charge in [0.1, 0.15) is 17.1 Å². The first-order valence-corrected chi connectivity index (χ1v) is 9.21. The van der Waals surface area contributed by atoms with Crippen molar-refractivity contribution in [2.45, 2.75) is 12.7 Å². The number of nitrogens with zero attached hydrogens (tertiary/aromatic N) is 2. The highest BCUT2D eigenvalue weighted by atomic mass is 19.4. The highest BCUT2D eigenvalue weighted by Crippen LogP contribution is 2.34. The smallest absolute Gasteiger partial charge is 0.421 e. The Kier molecular flexibility index (Phi) is 6.58. The fourth-order valence-corrected chi connectivity index (χ4v) is 2.79. The number of ether oxygens (including phenoxy) is 1. The summed E-state index contributed by atoms with van der Waals surface area (Å²) in [7, 11) is 3.01. The summed E-state index contributed by atoms with van der Waals surface area (Å²) in [6.45, 7) is 0.0738. The van der Waals surface area contributed by atoms with E-state index >= 15 is 0 Å². The second kappa shape index (κ2) is 9.33. The Morgan fingerprint density at radius 3 is 2.45 bits per heavy atom. The van der Waals surface area contributed by atoms with E-state index in [4.69, 9.17) is 4.74 Å². The molecule has 0 saturated carbocycles. The molecule has 0 unspecified atom stereocenters. The molecule has 1 aromatic heterocycles. The number of rotatable bonds is 7. The lowest BCUT2D eigenvalue weighted by molar-refractivity contribution is -0.137. The molecule has 31 heavy (non-hydrogen) atoms. The third-order valence-corrected chi connectivity index (χ3v) is 4.36. The van der Waals surface area contributed by atoms with Gasteiger partial charge >= 0.3 is 6.18 Å². The summed E-state index contributed by atoms with van der Waals surface area (Å²) in [6.07, 6.45) is -3.91. The summed E-state index contributed by atoms with van der Waals surface area (Å²) < 4.78 is 45.5. The molecule has 0 saturated heterocycles. The maximum Gasteiger partial charge on any atom is 0.421 e. The Balaban J connectivity index is 1.84. The first-order valence-electron chi connectivity index (χ1n) is 9.21. The van der Waals surface area contributed by atoms with E-state index in [-0.39, 0.29) is 24.2 Å². The number of alkyl halides is 3. The second-order valence-corrected chi connectivity index (χ2v) is 6.40. The van der Waals surface area contributed by atoms with Crippen LogP contribution in [0, 0.1) is 0 Å². The molecule has 7 nitrogen and oxygen atoms in total. The molecule has 0 bridgehead atoms. The van der Waals surface area contributed by atoms with Crippen LogP contribution >= 0.6 is 0 Å². The molecule has 2 aromatic carbocycles. The number of aromatic nitrogens is 2. The van der Waals surface area contributed by atoms with Crippen molar-refractivity contribution in [3.63, 3.8) is 0 Å². The van der Waals surface area contributed by atoms with Crippen LogP contribution in [0.1, 0.15) is 21.5 Å². The summed E-state index contributed by atoms with van der Waals surface area (Å²) in [4.78, 5) is 19.4. The van der Waals surface area contributed by atoms with Gasteiger partial charge in [-0.2, -0.15) is 18.2 Å². The fraction of sp³-hybridized carbons (Fsp3) is 0.190. The standard InChI is InChI=1S/C21H20F3N5O2/c1-25-19(30)13-7-9-15(10-8-13)28-20-27-12-16(21(22,23)24)18(29-20)26-11-14-5-3-4-6-17(14)31-2/h3-10,12H,11H2,1-2H3,(H,25,30)(H2,26,27,28,29). The van der Waals surface area contributed by atoms with E-state index in [1.54, 1.807) is 48.5 Å². The lowest BCUT2D eigenvalue weighted by Crippen LogP contribution is -2.17. The maximum absolute atomic E-state index is 13.4. The van der Waals surface area contributed by atoms with Crippen LogP contribution in [0.15, 0.2) is 54.7 Å². The molecule has 0 aliphatic rings. The van der Waals surface area contributed by atoms with Crippen LogP contribution in [0.2, 0.25) is 0 Å². The molecule has 0 atom stereocenters. The summed E-state index contributed by atoms with van der Waals surface area (Å²) in [5, 5.41) is 8.07. The molecule has 3 aromatic rings. The van der Waals surface area contributed by atoms with Crippen LogP contribution in [-0.4, -0.2) is 30.0 Å². The molecule has 0 radical (unpaired) electrons. The van der Waals surface area contributed by atoms with E-state index < -0.39 is 11.7 Å². The van der Waals surface area contributed by atoms with Gasteiger partial charge in [0.2, 0.25) is 5.95 Å². The van der Waals surface area contributed by atoms with E-state index in [2.05, 4.69) is 25.9 Å². The van der Waals surface area contributed by atoms with Crippen molar-refractivity contribution in [2.24, 2.45) is 0 Å². The van der Waals surface area contributed by atoms with Crippen molar-refractivity contribution in [3.8, 4) is 5.75 Å². The van der Waals surface area contributed by atoms with Gasteiger partial charge in [-0.05, 0) is 30.3 Å². The number of anilines is 3. The average molecular weight is 431 g/mol. The first-order chi connectivity index (χ1) is 14.8. The Labute approximate surface area is 176 Å². The number of benzene rings is 2. The Hall–Kier alpha value is -3.82. The van der Waals surface area contributed by atoms with Gasteiger partial charge in [-0.25, -0.2) is 4.98 Å². The van der Waals surface area contributed by atoms with Crippen molar-refractivity contribution < 1.29 is 22.7 Å². The molecule has 0 spiro atoms. The highest BCUT2D eigenvalue weighted by molar-refractivity contribution is 5.94. The molecular weight excluding hydrogens is 411 g/mol. The van der Waals surface area contributed by atoms with Crippen molar-refractivity contribution in [2.75, 3.05) is 24.8 Å². The van der Waals surface area contributed by atoms with Gasteiger partial charge in [0.05, 0.1) is 7.11 Å². The van der Waals surface area contributed by atoms with Crippen LogP contribution in [0.25, 0.3) is 0 Å². The number of hydrogen-bond acceptors (Lipinski definition) is 6. The van der Waals surface area contributed by atoms with Gasteiger partial charge < -0.3 is 20.7 Å². The van der Waals surface area contributed by atoms with Gasteiger partial charge in [-0.15, -0.1) is 0 Å². The molecule has 3 rings (SSSR count). The maximum atomic E-state index is 13.4. The number of carbonyl (C=O) groups excluding carboxylic acids is 1. The Morgan fingerprint density at radius 1 is 1.10 bits per heavy atom. The van der Waals surface area contributed by atoms with Gasteiger partial charge in [0.25, 0.3) is 5.91 Å². The highest BCUT2D eigenvalue weighted by Gasteiger charge is 2.35. The van der Waals surface area contributed by atoms with E-state index in [1.165, 1.54) is 14.2 Å². The lowest BCUT2D eigenvalue weighted by Gasteiger charge is -2.16. The fourth-order valence-electron chi connectivity index (χ4n) is 2.79. The minimum Gasteiger partial charge on any atom is -0.496 e. The third-order valence-electron chi connectivity index (χ3n) is 4.36. The van der Waals surface area contributed by atoms with Gasteiger partial charge in [0, 0.05) is 36.6 Å². The minimum absolute atomic E-state index is 0.0248. The SMILES string of the molecule is CNC(=O)c1ccc(Nc2ncc(C(F)(F)F)c(NCc3ccccc3OC)n2)cc1. The predicted octanol–water partition coefficient (Wildman–Crippen LogP) is 4.22. The van der Waals surface area contributed by atoms with Crippen LogP contribution in [0.4, 0.5) is 30.6 Å². The van der Waals surface area contributed by atoms with Crippen LogP contribution in [0.3, 0.4) is 0 Å². The Morgan fingerprint density at radius 2 is 1.81 bits per heavy atom. The van der Waals surface area contributed by atoms with Gasteiger partial charge in [0.15, 0.2) is 0 Å². The zero-order valence-corrected chi connectivity index (χ0v) is 16.7. The van der Waals surface area contributed by atoms with Crippen molar-refractivity contribution >= 4 is 23.4 Å². The van der Waals surface area contributed by atoms with Crippen LogP contribution < -0.4 is 20.7 Å². The predicted molar refractivity (Wildman–Crippen MR) is 110 cm³/mol.